The standard InChI is InChI=1S/C9H20N2O2S/c1-9(2,3)11-14(12,13)7-6-10-8-4-5-8/h8,10-11H,4-7H2,1-3H3. The van der Waals surface area contributed by atoms with Crippen molar-refractivity contribution in [2.75, 3.05) is 12.3 Å². The van der Waals surface area contributed by atoms with Gasteiger partial charge in [0.05, 0.1) is 5.75 Å². The molecule has 0 spiro atoms. The highest BCUT2D eigenvalue weighted by Gasteiger charge is 2.23. The Morgan fingerprint density at radius 2 is 1.86 bits per heavy atom. The molecular weight excluding hydrogens is 200 g/mol. The van der Waals surface area contributed by atoms with Crippen LogP contribution in [0.2, 0.25) is 0 Å². The molecule has 14 heavy (non-hydrogen) atoms. The Kier molecular flexibility index (Phi) is 3.55. The summed E-state index contributed by atoms with van der Waals surface area (Å²) in [6, 6.07) is 0.569. The van der Waals surface area contributed by atoms with E-state index in [-0.39, 0.29) is 11.3 Å². The number of sulfonamides is 1. The van der Waals surface area contributed by atoms with E-state index in [1.807, 2.05) is 20.8 Å². The molecule has 0 aliphatic heterocycles. The Morgan fingerprint density at radius 3 is 2.29 bits per heavy atom. The third-order valence-electron chi connectivity index (χ3n) is 1.84. The fraction of sp³-hybridized carbons (Fsp3) is 1.00. The predicted octanol–water partition coefficient (Wildman–Crippen LogP) is 0.456. The molecule has 1 aliphatic rings. The van der Waals surface area contributed by atoms with Crippen LogP contribution in [0.3, 0.4) is 0 Å². The summed E-state index contributed by atoms with van der Waals surface area (Å²) in [5, 5.41) is 3.18. The van der Waals surface area contributed by atoms with Crippen LogP contribution in [-0.2, 0) is 10.0 Å². The topological polar surface area (TPSA) is 58.2 Å². The first kappa shape index (κ1) is 11.9. The molecule has 0 atom stereocenters. The average molecular weight is 220 g/mol. The molecule has 1 saturated carbocycles. The Labute approximate surface area is 86.5 Å². The largest absolute Gasteiger partial charge is 0.313 e. The number of hydrogen-bond acceptors (Lipinski definition) is 3. The third kappa shape index (κ3) is 5.57. The summed E-state index contributed by atoms with van der Waals surface area (Å²) < 4.78 is 25.6. The molecular formula is C9H20N2O2S. The van der Waals surface area contributed by atoms with E-state index in [2.05, 4.69) is 10.0 Å². The van der Waals surface area contributed by atoms with Crippen molar-refractivity contribution in [1.29, 1.82) is 0 Å². The fourth-order valence-electron chi connectivity index (χ4n) is 1.20. The molecule has 0 bridgehead atoms. The molecule has 0 aromatic heterocycles. The van der Waals surface area contributed by atoms with Crippen molar-refractivity contribution in [2.45, 2.75) is 45.2 Å². The lowest BCUT2D eigenvalue weighted by Gasteiger charge is -2.20. The van der Waals surface area contributed by atoms with Crippen molar-refractivity contribution in [2.24, 2.45) is 0 Å². The third-order valence-corrected chi connectivity index (χ3v) is 3.51. The second-order valence-electron chi connectivity index (χ2n) is 4.90. The van der Waals surface area contributed by atoms with Crippen LogP contribution in [0, 0.1) is 0 Å². The van der Waals surface area contributed by atoms with Crippen molar-refractivity contribution < 1.29 is 8.42 Å². The van der Waals surface area contributed by atoms with Gasteiger partial charge in [-0.1, -0.05) is 0 Å². The summed E-state index contributed by atoms with van der Waals surface area (Å²) in [6.45, 7) is 6.09. The van der Waals surface area contributed by atoms with Crippen molar-refractivity contribution in [3.05, 3.63) is 0 Å². The molecule has 2 N–H and O–H groups in total. The summed E-state index contributed by atoms with van der Waals surface area (Å²) in [6.07, 6.45) is 2.37. The zero-order valence-corrected chi connectivity index (χ0v) is 9.95. The van der Waals surface area contributed by atoms with Crippen LogP contribution in [-0.4, -0.2) is 32.3 Å². The van der Waals surface area contributed by atoms with Crippen LogP contribution in [0.25, 0.3) is 0 Å². The fourth-order valence-corrected chi connectivity index (χ4v) is 2.62. The van der Waals surface area contributed by atoms with Gasteiger partial charge < -0.3 is 5.32 Å². The highest BCUT2D eigenvalue weighted by Crippen LogP contribution is 2.18. The number of hydrogen-bond donors (Lipinski definition) is 2. The van der Waals surface area contributed by atoms with Crippen molar-refractivity contribution in [1.82, 2.24) is 10.0 Å². The molecule has 0 aromatic rings. The second-order valence-corrected chi connectivity index (χ2v) is 6.74. The maximum Gasteiger partial charge on any atom is 0.213 e. The molecule has 0 unspecified atom stereocenters. The van der Waals surface area contributed by atoms with E-state index >= 15 is 0 Å². The van der Waals surface area contributed by atoms with Gasteiger partial charge in [0.15, 0.2) is 0 Å². The quantitative estimate of drug-likeness (QED) is 0.707. The van der Waals surface area contributed by atoms with Crippen LogP contribution in [0.1, 0.15) is 33.6 Å². The normalized spacial score (nSPS) is 18.5. The zero-order valence-electron chi connectivity index (χ0n) is 9.13. The summed E-state index contributed by atoms with van der Waals surface area (Å²) >= 11 is 0. The van der Waals surface area contributed by atoms with Gasteiger partial charge in [0.2, 0.25) is 10.0 Å². The van der Waals surface area contributed by atoms with E-state index in [0.29, 0.717) is 12.6 Å². The molecule has 0 aromatic carbocycles. The molecule has 5 heteroatoms. The van der Waals surface area contributed by atoms with Crippen molar-refractivity contribution >= 4 is 10.0 Å². The van der Waals surface area contributed by atoms with Crippen LogP contribution in [0.5, 0.6) is 0 Å². The van der Waals surface area contributed by atoms with Gasteiger partial charge in [-0.15, -0.1) is 0 Å². The van der Waals surface area contributed by atoms with Crippen LogP contribution < -0.4 is 10.0 Å². The second kappa shape index (κ2) is 4.16. The first-order valence-electron chi connectivity index (χ1n) is 5.03. The molecule has 0 radical (unpaired) electrons. The molecule has 84 valence electrons. The maximum absolute atomic E-state index is 11.5. The van der Waals surface area contributed by atoms with Crippen LogP contribution in [0.15, 0.2) is 0 Å². The van der Waals surface area contributed by atoms with Gasteiger partial charge in [-0.05, 0) is 33.6 Å². The monoisotopic (exact) mass is 220 g/mol. The van der Waals surface area contributed by atoms with E-state index in [4.69, 9.17) is 0 Å². The van der Waals surface area contributed by atoms with Crippen molar-refractivity contribution in [3.63, 3.8) is 0 Å². The molecule has 1 rings (SSSR count). The number of nitrogens with one attached hydrogen (secondary N) is 2. The lowest BCUT2D eigenvalue weighted by atomic mass is 10.1. The Morgan fingerprint density at radius 1 is 1.29 bits per heavy atom. The van der Waals surface area contributed by atoms with Crippen LogP contribution >= 0.6 is 0 Å². The van der Waals surface area contributed by atoms with Crippen LogP contribution in [0.4, 0.5) is 0 Å². The van der Waals surface area contributed by atoms with Gasteiger partial charge in [-0.2, -0.15) is 0 Å². The minimum atomic E-state index is -3.12. The van der Waals surface area contributed by atoms with E-state index < -0.39 is 10.0 Å². The van der Waals surface area contributed by atoms with E-state index in [1.165, 1.54) is 12.8 Å². The molecule has 0 amide bonds. The van der Waals surface area contributed by atoms with Gasteiger partial charge in [-0.3, -0.25) is 0 Å². The van der Waals surface area contributed by atoms with Gasteiger partial charge >= 0.3 is 0 Å². The van der Waals surface area contributed by atoms with Gasteiger partial charge in [0.25, 0.3) is 0 Å². The average Bonchev–Trinajstić information content (AvgIpc) is 2.64. The minimum Gasteiger partial charge on any atom is -0.313 e. The Balaban J connectivity index is 2.25. The summed E-state index contributed by atoms with van der Waals surface area (Å²) in [7, 11) is -3.12. The molecule has 0 saturated heterocycles. The van der Waals surface area contributed by atoms with E-state index in [9.17, 15) is 8.42 Å². The lowest BCUT2D eigenvalue weighted by Crippen LogP contribution is -2.43. The first-order chi connectivity index (χ1) is 6.29. The highest BCUT2D eigenvalue weighted by molar-refractivity contribution is 7.89. The summed E-state index contributed by atoms with van der Waals surface area (Å²) in [5.41, 5.74) is -0.377. The van der Waals surface area contributed by atoms with E-state index in [1.54, 1.807) is 0 Å². The molecule has 1 aliphatic carbocycles. The molecule has 1 fully saturated rings. The Bertz CT molecular complexity index is 276. The lowest BCUT2D eigenvalue weighted by molar-refractivity contribution is 0.490. The van der Waals surface area contributed by atoms with Gasteiger partial charge in [-0.25, -0.2) is 13.1 Å². The number of rotatable bonds is 5. The highest BCUT2D eigenvalue weighted by atomic mass is 32.2. The molecule has 0 heterocycles. The van der Waals surface area contributed by atoms with Gasteiger partial charge in [0, 0.05) is 18.1 Å². The molecule has 4 nitrogen and oxygen atoms in total. The SMILES string of the molecule is CC(C)(C)NS(=O)(=O)CCNC1CC1. The Hall–Kier alpha value is -0.130. The van der Waals surface area contributed by atoms with Gasteiger partial charge in [0.1, 0.15) is 0 Å². The predicted molar refractivity (Wildman–Crippen MR) is 57.7 cm³/mol. The zero-order chi connectivity index (χ0) is 10.8. The van der Waals surface area contributed by atoms with Crippen molar-refractivity contribution in [3.8, 4) is 0 Å². The first-order valence-corrected chi connectivity index (χ1v) is 6.69. The summed E-state index contributed by atoms with van der Waals surface area (Å²) in [5.74, 6) is 0.167. The van der Waals surface area contributed by atoms with E-state index in [0.717, 1.165) is 0 Å². The maximum atomic E-state index is 11.5. The smallest absolute Gasteiger partial charge is 0.213 e. The minimum absolute atomic E-state index is 0.167. The summed E-state index contributed by atoms with van der Waals surface area (Å²) in [4.78, 5) is 0.